The van der Waals surface area contributed by atoms with Gasteiger partial charge in [-0.2, -0.15) is 0 Å². The van der Waals surface area contributed by atoms with E-state index in [2.05, 4.69) is 37.6 Å². The summed E-state index contributed by atoms with van der Waals surface area (Å²) < 4.78 is 5.80. The molecular weight excluding hydrogens is 270 g/mol. The van der Waals surface area contributed by atoms with Crippen LogP contribution in [0, 0.1) is 10.1 Å². The van der Waals surface area contributed by atoms with Crippen molar-refractivity contribution in [2.75, 3.05) is 4.90 Å². The van der Waals surface area contributed by atoms with Crippen LogP contribution in [0.1, 0.15) is 27.7 Å². The minimum Gasteiger partial charge on any atom is -0.423 e. The Kier molecular flexibility index (Phi) is 4.26. The molecule has 0 unspecified atom stereocenters. The molecule has 2 aromatic rings. The minimum absolute atomic E-state index is 0.0597. The van der Waals surface area contributed by atoms with Crippen LogP contribution in [0.25, 0.3) is 11.3 Å². The summed E-state index contributed by atoms with van der Waals surface area (Å²) in [6.45, 7) is 8.32. The summed E-state index contributed by atoms with van der Waals surface area (Å²) in [5.41, 5.74) is 0.830. The van der Waals surface area contributed by atoms with Gasteiger partial charge in [0, 0.05) is 29.8 Å². The summed E-state index contributed by atoms with van der Waals surface area (Å²) >= 11 is 0. The Morgan fingerprint density at radius 3 is 2.19 bits per heavy atom. The Hall–Kier alpha value is -2.37. The molecule has 0 aliphatic rings. The molecule has 0 bridgehead atoms. The van der Waals surface area contributed by atoms with Crippen LogP contribution < -0.4 is 4.90 Å². The van der Waals surface area contributed by atoms with E-state index in [9.17, 15) is 10.1 Å². The monoisotopic (exact) mass is 289 g/mol. The molecular formula is C15H19N3O3. The number of hydrogen-bond acceptors (Lipinski definition) is 5. The molecule has 21 heavy (non-hydrogen) atoms. The Labute approximate surface area is 123 Å². The van der Waals surface area contributed by atoms with Crippen LogP contribution in [0.3, 0.4) is 0 Å². The first-order valence-electron chi connectivity index (χ1n) is 6.89. The van der Waals surface area contributed by atoms with E-state index in [-0.39, 0.29) is 17.8 Å². The normalized spacial score (nSPS) is 11.1. The fourth-order valence-electron chi connectivity index (χ4n) is 2.30. The van der Waals surface area contributed by atoms with Gasteiger partial charge in [0.15, 0.2) is 5.76 Å². The second-order valence-electron chi connectivity index (χ2n) is 5.41. The van der Waals surface area contributed by atoms with Crippen molar-refractivity contribution in [1.29, 1.82) is 0 Å². The highest BCUT2D eigenvalue weighted by atomic mass is 16.6. The van der Waals surface area contributed by atoms with Crippen LogP contribution in [0.5, 0.6) is 0 Å². The SMILES string of the molecule is CC(C)N(c1ncc(-c2ccc([N+](=O)[O-])cc2)o1)C(C)C. The van der Waals surface area contributed by atoms with Crippen molar-refractivity contribution < 1.29 is 9.34 Å². The number of nitro benzene ring substituents is 1. The van der Waals surface area contributed by atoms with Crippen molar-refractivity contribution in [2.45, 2.75) is 39.8 Å². The van der Waals surface area contributed by atoms with E-state index in [1.807, 2.05) is 0 Å². The van der Waals surface area contributed by atoms with Gasteiger partial charge < -0.3 is 9.32 Å². The summed E-state index contributed by atoms with van der Waals surface area (Å²) in [7, 11) is 0. The number of anilines is 1. The molecule has 1 aromatic heterocycles. The van der Waals surface area contributed by atoms with Crippen LogP contribution >= 0.6 is 0 Å². The zero-order chi connectivity index (χ0) is 15.6. The predicted octanol–water partition coefficient (Wildman–Crippen LogP) is 3.87. The molecule has 6 heteroatoms. The van der Waals surface area contributed by atoms with Gasteiger partial charge in [0.2, 0.25) is 0 Å². The topological polar surface area (TPSA) is 72.4 Å². The summed E-state index contributed by atoms with van der Waals surface area (Å²) in [4.78, 5) is 16.6. The van der Waals surface area contributed by atoms with Gasteiger partial charge in [0.05, 0.1) is 11.1 Å². The summed E-state index contributed by atoms with van der Waals surface area (Å²) in [6, 6.07) is 7.35. The highest BCUT2D eigenvalue weighted by molar-refractivity contribution is 5.59. The molecule has 1 aromatic carbocycles. The van der Waals surface area contributed by atoms with Gasteiger partial charge in [-0.3, -0.25) is 10.1 Å². The van der Waals surface area contributed by atoms with Crippen molar-refractivity contribution in [3.8, 4) is 11.3 Å². The number of oxazole rings is 1. The molecule has 1 heterocycles. The lowest BCUT2D eigenvalue weighted by Crippen LogP contribution is -2.37. The number of hydrogen-bond donors (Lipinski definition) is 0. The molecule has 0 aliphatic heterocycles. The molecule has 6 nitrogen and oxygen atoms in total. The zero-order valence-electron chi connectivity index (χ0n) is 12.6. The minimum atomic E-state index is -0.422. The van der Waals surface area contributed by atoms with Crippen LogP contribution in [0.4, 0.5) is 11.7 Å². The molecule has 0 saturated heterocycles. The first kappa shape index (κ1) is 15.0. The van der Waals surface area contributed by atoms with Crippen molar-refractivity contribution >= 4 is 11.7 Å². The smallest absolute Gasteiger partial charge is 0.298 e. The maximum atomic E-state index is 10.7. The lowest BCUT2D eigenvalue weighted by atomic mass is 10.2. The molecule has 0 saturated carbocycles. The fraction of sp³-hybridized carbons (Fsp3) is 0.400. The summed E-state index contributed by atoms with van der Waals surface area (Å²) in [5, 5.41) is 10.7. The predicted molar refractivity (Wildman–Crippen MR) is 81.3 cm³/mol. The standard InChI is InChI=1S/C15H19N3O3/c1-10(2)17(11(3)4)15-16-9-14(21-15)12-5-7-13(8-6-12)18(19)20/h5-11H,1-4H3. The van der Waals surface area contributed by atoms with E-state index >= 15 is 0 Å². The first-order valence-corrected chi connectivity index (χ1v) is 6.89. The average Bonchev–Trinajstić information content (AvgIpc) is 2.87. The lowest BCUT2D eigenvalue weighted by molar-refractivity contribution is -0.384. The Morgan fingerprint density at radius 2 is 1.71 bits per heavy atom. The van der Waals surface area contributed by atoms with Gasteiger partial charge in [0.1, 0.15) is 0 Å². The number of non-ortho nitro benzene ring substituents is 1. The van der Waals surface area contributed by atoms with Gasteiger partial charge in [-0.25, -0.2) is 4.98 Å². The average molecular weight is 289 g/mol. The number of nitrogens with zero attached hydrogens (tertiary/aromatic N) is 3. The maximum absolute atomic E-state index is 10.7. The molecule has 0 atom stereocenters. The maximum Gasteiger partial charge on any atom is 0.298 e. The fourth-order valence-corrected chi connectivity index (χ4v) is 2.30. The number of rotatable bonds is 5. The molecule has 0 radical (unpaired) electrons. The third kappa shape index (κ3) is 3.21. The molecule has 0 spiro atoms. The summed E-state index contributed by atoms with van der Waals surface area (Å²) in [5.74, 6) is 0.603. The second-order valence-corrected chi connectivity index (χ2v) is 5.41. The highest BCUT2D eigenvalue weighted by Gasteiger charge is 2.20. The molecule has 0 N–H and O–H groups in total. The van der Waals surface area contributed by atoms with Gasteiger partial charge in [0.25, 0.3) is 11.7 Å². The van der Waals surface area contributed by atoms with Crippen molar-refractivity contribution in [2.24, 2.45) is 0 Å². The van der Waals surface area contributed by atoms with Crippen molar-refractivity contribution in [3.63, 3.8) is 0 Å². The highest BCUT2D eigenvalue weighted by Crippen LogP contribution is 2.27. The Bertz CT molecular complexity index is 609. The number of nitro groups is 1. The van der Waals surface area contributed by atoms with E-state index in [4.69, 9.17) is 4.42 Å². The van der Waals surface area contributed by atoms with E-state index in [0.29, 0.717) is 11.8 Å². The molecule has 0 aliphatic carbocycles. The van der Waals surface area contributed by atoms with Gasteiger partial charge in [-0.05, 0) is 39.8 Å². The second kappa shape index (κ2) is 5.95. The quantitative estimate of drug-likeness (QED) is 0.617. The lowest BCUT2D eigenvalue weighted by Gasteiger charge is -2.28. The van der Waals surface area contributed by atoms with Gasteiger partial charge in [-0.15, -0.1) is 0 Å². The van der Waals surface area contributed by atoms with Crippen molar-refractivity contribution in [3.05, 3.63) is 40.6 Å². The van der Waals surface area contributed by atoms with Crippen LogP contribution in [0.15, 0.2) is 34.9 Å². The zero-order valence-corrected chi connectivity index (χ0v) is 12.6. The third-order valence-corrected chi connectivity index (χ3v) is 3.19. The first-order chi connectivity index (χ1) is 9.90. The van der Waals surface area contributed by atoms with Gasteiger partial charge in [-0.1, -0.05) is 0 Å². The van der Waals surface area contributed by atoms with Crippen LogP contribution in [0.2, 0.25) is 0 Å². The van der Waals surface area contributed by atoms with E-state index in [1.165, 1.54) is 12.1 Å². The number of benzene rings is 1. The van der Waals surface area contributed by atoms with Gasteiger partial charge >= 0.3 is 0 Å². The molecule has 0 fully saturated rings. The number of aromatic nitrogens is 1. The van der Waals surface area contributed by atoms with E-state index < -0.39 is 4.92 Å². The van der Waals surface area contributed by atoms with E-state index in [0.717, 1.165) is 5.56 Å². The Morgan fingerprint density at radius 1 is 1.14 bits per heavy atom. The summed E-state index contributed by atoms with van der Waals surface area (Å²) in [6.07, 6.45) is 1.65. The third-order valence-electron chi connectivity index (χ3n) is 3.19. The largest absolute Gasteiger partial charge is 0.423 e. The molecule has 112 valence electrons. The van der Waals surface area contributed by atoms with Crippen LogP contribution in [-0.4, -0.2) is 22.0 Å². The van der Waals surface area contributed by atoms with Crippen molar-refractivity contribution in [1.82, 2.24) is 4.98 Å². The Balaban J connectivity index is 2.28. The van der Waals surface area contributed by atoms with E-state index in [1.54, 1.807) is 18.3 Å². The molecule has 2 rings (SSSR count). The molecule has 0 amide bonds. The van der Waals surface area contributed by atoms with Crippen LogP contribution in [-0.2, 0) is 0 Å².